The first-order valence-corrected chi connectivity index (χ1v) is 10.8. The van der Waals surface area contributed by atoms with E-state index in [2.05, 4.69) is 27.1 Å². The number of para-hydroxylation sites is 1. The number of thioether (sulfide) groups is 1. The molecule has 1 aliphatic heterocycles. The maximum Gasteiger partial charge on any atom is 0.252 e. The molecule has 1 unspecified atom stereocenters. The molecule has 0 bridgehead atoms. The van der Waals surface area contributed by atoms with Crippen LogP contribution < -0.4 is 10.1 Å². The number of carbonyl (C=O) groups excluding carboxylic acids is 1. The van der Waals surface area contributed by atoms with Crippen molar-refractivity contribution in [1.29, 1.82) is 0 Å². The maximum absolute atomic E-state index is 12.2. The molecule has 1 aliphatic rings. The number of piperidine rings is 1. The highest BCUT2D eigenvalue weighted by Crippen LogP contribution is 2.30. The molecular weight excluding hydrogens is 372 g/mol. The van der Waals surface area contributed by atoms with Crippen molar-refractivity contribution in [3.63, 3.8) is 0 Å². The van der Waals surface area contributed by atoms with E-state index in [9.17, 15) is 4.79 Å². The smallest absolute Gasteiger partial charge is 0.252 e. The number of carbonyl (C=O) groups is 1. The molecule has 1 N–H and O–H groups in total. The van der Waals surface area contributed by atoms with Crippen molar-refractivity contribution in [3.8, 4) is 11.6 Å². The van der Waals surface area contributed by atoms with Gasteiger partial charge in [-0.3, -0.25) is 4.79 Å². The summed E-state index contributed by atoms with van der Waals surface area (Å²) < 4.78 is 5.91. The average molecular weight is 401 g/mol. The number of ether oxygens (including phenoxy) is 1. The van der Waals surface area contributed by atoms with Gasteiger partial charge in [0.25, 0.3) is 5.88 Å². The summed E-state index contributed by atoms with van der Waals surface area (Å²) >= 11 is 1.34. The van der Waals surface area contributed by atoms with Crippen LogP contribution in [0.15, 0.2) is 41.7 Å². The van der Waals surface area contributed by atoms with Crippen LogP contribution in [0, 0.1) is 12.8 Å². The van der Waals surface area contributed by atoms with Crippen molar-refractivity contribution >= 4 is 17.7 Å². The fourth-order valence-electron chi connectivity index (χ4n) is 3.28. The zero-order chi connectivity index (χ0) is 19.8. The van der Waals surface area contributed by atoms with Gasteiger partial charge in [-0.05, 0) is 43.9 Å². The van der Waals surface area contributed by atoms with E-state index in [1.807, 2.05) is 31.2 Å². The lowest BCUT2D eigenvalue weighted by atomic mass is 10.0. The first kappa shape index (κ1) is 20.6. The molecule has 2 heterocycles. The van der Waals surface area contributed by atoms with Crippen LogP contribution in [0.1, 0.15) is 25.3 Å². The lowest BCUT2D eigenvalue weighted by molar-refractivity contribution is -0.118. The van der Waals surface area contributed by atoms with Gasteiger partial charge in [0.15, 0.2) is 5.03 Å². The normalized spacial score (nSPS) is 17.3. The van der Waals surface area contributed by atoms with Crippen LogP contribution in [0.5, 0.6) is 11.6 Å². The fourth-order valence-corrected chi connectivity index (χ4v) is 4.01. The SMILES string of the molecule is Cc1ccccc1Oc1nccnc1SCC(=O)NCCN1CCCC(C)C1. The minimum absolute atomic E-state index is 0.00236. The van der Waals surface area contributed by atoms with E-state index in [-0.39, 0.29) is 5.91 Å². The number of benzene rings is 1. The predicted octanol–water partition coefficient (Wildman–Crippen LogP) is 3.52. The monoisotopic (exact) mass is 400 g/mol. The van der Waals surface area contributed by atoms with Crippen LogP contribution in [0.3, 0.4) is 0 Å². The Bertz CT molecular complexity index is 787. The standard InChI is InChI=1S/C21H28N4O2S/c1-16-6-5-12-25(14-16)13-11-22-19(26)15-28-21-20(23-9-10-24-21)27-18-8-4-3-7-17(18)2/h3-4,7-10,16H,5-6,11-15H2,1-2H3,(H,22,26). The van der Waals surface area contributed by atoms with E-state index >= 15 is 0 Å². The van der Waals surface area contributed by atoms with Crippen molar-refractivity contribution in [3.05, 3.63) is 42.2 Å². The Morgan fingerprint density at radius 2 is 2.14 bits per heavy atom. The molecule has 3 rings (SSSR count). The summed E-state index contributed by atoms with van der Waals surface area (Å²) in [5.41, 5.74) is 1.02. The summed E-state index contributed by atoms with van der Waals surface area (Å²) in [6.07, 6.45) is 5.77. The largest absolute Gasteiger partial charge is 0.436 e. The molecule has 1 amide bonds. The van der Waals surface area contributed by atoms with Gasteiger partial charge in [0.1, 0.15) is 5.75 Å². The van der Waals surface area contributed by atoms with Gasteiger partial charge in [-0.1, -0.05) is 36.9 Å². The summed E-state index contributed by atoms with van der Waals surface area (Å²) in [5, 5.41) is 3.62. The van der Waals surface area contributed by atoms with E-state index in [4.69, 9.17) is 4.74 Å². The van der Waals surface area contributed by atoms with E-state index in [1.165, 1.54) is 24.6 Å². The molecule has 7 heteroatoms. The molecule has 28 heavy (non-hydrogen) atoms. The van der Waals surface area contributed by atoms with Gasteiger partial charge in [0, 0.05) is 32.0 Å². The van der Waals surface area contributed by atoms with Crippen LogP contribution in [-0.4, -0.2) is 52.7 Å². The van der Waals surface area contributed by atoms with Gasteiger partial charge in [0.2, 0.25) is 5.91 Å². The van der Waals surface area contributed by atoms with Gasteiger partial charge >= 0.3 is 0 Å². The molecule has 1 aromatic heterocycles. The van der Waals surface area contributed by atoms with Gasteiger partial charge in [-0.15, -0.1) is 0 Å². The third-order valence-corrected chi connectivity index (χ3v) is 5.72. The lowest BCUT2D eigenvalue weighted by Crippen LogP contribution is -2.40. The molecule has 150 valence electrons. The molecule has 6 nitrogen and oxygen atoms in total. The second-order valence-electron chi connectivity index (χ2n) is 7.22. The highest BCUT2D eigenvalue weighted by atomic mass is 32.2. The predicted molar refractivity (Wildman–Crippen MR) is 112 cm³/mol. The molecule has 2 aromatic rings. The fraction of sp³-hybridized carbons (Fsp3) is 0.476. The quantitative estimate of drug-likeness (QED) is 0.684. The Morgan fingerprint density at radius 1 is 1.32 bits per heavy atom. The number of aromatic nitrogens is 2. The third kappa shape index (κ3) is 6.21. The van der Waals surface area contributed by atoms with Crippen LogP contribution >= 0.6 is 11.8 Å². The van der Waals surface area contributed by atoms with E-state index < -0.39 is 0 Å². The average Bonchev–Trinajstić information content (AvgIpc) is 2.69. The number of nitrogens with zero attached hydrogens (tertiary/aromatic N) is 3. The van der Waals surface area contributed by atoms with E-state index in [1.54, 1.807) is 12.4 Å². The molecule has 1 fully saturated rings. The van der Waals surface area contributed by atoms with Gasteiger partial charge < -0.3 is 15.0 Å². The molecule has 0 radical (unpaired) electrons. The molecule has 0 spiro atoms. The number of likely N-dealkylation sites (tertiary alicyclic amines) is 1. The van der Waals surface area contributed by atoms with Crippen molar-refractivity contribution in [2.24, 2.45) is 5.92 Å². The summed E-state index contributed by atoms with van der Waals surface area (Å²) in [7, 11) is 0. The molecule has 0 saturated carbocycles. The topological polar surface area (TPSA) is 67.3 Å². The van der Waals surface area contributed by atoms with Gasteiger partial charge in [-0.2, -0.15) is 0 Å². The molecule has 1 saturated heterocycles. The maximum atomic E-state index is 12.2. The second kappa shape index (κ2) is 10.4. The minimum atomic E-state index is 0.00236. The Hall–Kier alpha value is -2.12. The van der Waals surface area contributed by atoms with Crippen LogP contribution in [0.4, 0.5) is 0 Å². The summed E-state index contributed by atoms with van der Waals surface area (Å²) in [5.74, 6) is 2.21. The van der Waals surface area contributed by atoms with Gasteiger partial charge in [-0.25, -0.2) is 9.97 Å². The first-order valence-electron chi connectivity index (χ1n) is 9.78. The lowest BCUT2D eigenvalue weighted by Gasteiger charge is -2.30. The molecule has 1 atom stereocenters. The zero-order valence-electron chi connectivity index (χ0n) is 16.6. The zero-order valence-corrected chi connectivity index (χ0v) is 17.4. The molecule has 0 aliphatic carbocycles. The summed E-state index contributed by atoms with van der Waals surface area (Å²) in [4.78, 5) is 23.2. The van der Waals surface area contributed by atoms with E-state index in [0.29, 0.717) is 23.2 Å². The van der Waals surface area contributed by atoms with Crippen LogP contribution in [0.2, 0.25) is 0 Å². The highest BCUT2D eigenvalue weighted by Gasteiger charge is 2.16. The molecular formula is C21H28N4O2S. The Morgan fingerprint density at radius 3 is 2.96 bits per heavy atom. The Labute approximate surface area is 171 Å². The Balaban J connectivity index is 1.46. The van der Waals surface area contributed by atoms with Crippen molar-refractivity contribution < 1.29 is 9.53 Å². The number of aryl methyl sites for hydroxylation is 1. The second-order valence-corrected chi connectivity index (χ2v) is 8.18. The van der Waals surface area contributed by atoms with Crippen LogP contribution in [-0.2, 0) is 4.79 Å². The van der Waals surface area contributed by atoms with Crippen LogP contribution in [0.25, 0.3) is 0 Å². The number of rotatable bonds is 8. The van der Waals surface area contributed by atoms with Crippen molar-refractivity contribution in [1.82, 2.24) is 20.2 Å². The first-order chi connectivity index (χ1) is 13.6. The Kier molecular flexibility index (Phi) is 7.68. The number of hydrogen-bond acceptors (Lipinski definition) is 6. The number of amides is 1. The number of nitrogens with one attached hydrogen (secondary N) is 1. The van der Waals surface area contributed by atoms with Crippen molar-refractivity contribution in [2.45, 2.75) is 31.7 Å². The summed E-state index contributed by atoms with van der Waals surface area (Å²) in [6, 6.07) is 7.76. The minimum Gasteiger partial charge on any atom is -0.436 e. The summed E-state index contributed by atoms with van der Waals surface area (Å²) in [6.45, 7) is 8.12. The van der Waals surface area contributed by atoms with Gasteiger partial charge in [0.05, 0.1) is 5.75 Å². The highest BCUT2D eigenvalue weighted by molar-refractivity contribution is 8.00. The van der Waals surface area contributed by atoms with E-state index in [0.717, 1.165) is 36.9 Å². The van der Waals surface area contributed by atoms with Crippen molar-refractivity contribution in [2.75, 3.05) is 31.9 Å². The number of hydrogen-bond donors (Lipinski definition) is 1. The third-order valence-electron chi connectivity index (χ3n) is 4.76. The molecule has 1 aromatic carbocycles.